The number of benzene rings is 2. The minimum absolute atomic E-state index is 0.422. The lowest BCUT2D eigenvalue weighted by Crippen LogP contribution is -2.35. The van der Waals surface area contributed by atoms with E-state index in [-0.39, 0.29) is 0 Å². The molecule has 6 nitrogen and oxygen atoms in total. The molecule has 0 saturated heterocycles. The van der Waals surface area contributed by atoms with Crippen LogP contribution in [0.25, 0.3) is 0 Å². The van der Waals surface area contributed by atoms with Crippen molar-refractivity contribution in [1.82, 2.24) is 5.32 Å². The second-order valence-electron chi connectivity index (χ2n) is 6.84. The fourth-order valence-corrected chi connectivity index (χ4v) is 1.84. The molecule has 2 N–H and O–H groups in total. The molecule has 2 aromatic carbocycles. The number of aryl methyl sites for hydroxylation is 1. The molecule has 0 unspecified atom stereocenters. The summed E-state index contributed by atoms with van der Waals surface area (Å²) in [5, 5.41) is 10.3. The van der Waals surface area contributed by atoms with Crippen molar-refractivity contribution < 1.29 is 24.2 Å². The minimum atomic E-state index is -1.10. The first kappa shape index (κ1) is 26.0. The van der Waals surface area contributed by atoms with E-state index in [4.69, 9.17) is 14.6 Å². The Bertz CT molecular complexity index is 706. The van der Waals surface area contributed by atoms with E-state index in [0.717, 1.165) is 5.75 Å². The van der Waals surface area contributed by atoms with Gasteiger partial charge in [-0.25, -0.2) is 4.79 Å². The maximum atomic E-state index is 10.8. The number of nitrogens with one attached hydrogen (secondary N) is 1. The van der Waals surface area contributed by atoms with Crippen molar-refractivity contribution in [2.45, 2.75) is 53.8 Å². The van der Waals surface area contributed by atoms with E-state index in [0.29, 0.717) is 6.61 Å². The van der Waals surface area contributed by atoms with Crippen molar-refractivity contribution in [3.63, 3.8) is 0 Å². The van der Waals surface area contributed by atoms with E-state index in [2.05, 4.69) is 36.5 Å². The lowest BCUT2D eigenvalue weighted by Gasteiger charge is -2.19. The molecule has 0 aliphatic heterocycles. The molecule has 0 heterocycles. The maximum Gasteiger partial charge on any atom is 0.408 e. The predicted molar refractivity (Wildman–Crippen MR) is 115 cm³/mol. The zero-order valence-corrected chi connectivity index (χ0v) is 18.2. The zero-order valence-electron chi connectivity index (χ0n) is 18.2. The van der Waals surface area contributed by atoms with Gasteiger partial charge < -0.3 is 19.9 Å². The summed E-state index contributed by atoms with van der Waals surface area (Å²) in [7, 11) is 0. The smallest absolute Gasteiger partial charge is 0.408 e. The van der Waals surface area contributed by atoms with E-state index in [1.165, 1.54) is 11.1 Å². The van der Waals surface area contributed by atoms with Gasteiger partial charge in [-0.15, -0.1) is 0 Å². The molecule has 160 valence electrons. The van der Waals surface area contributed by atoms with Crippen LogP contribution >= 0.6 is 0 Å². The van der Waals surface area contributed by atoms with Gasteiger partial charge in [0.2, 0.25) is 0 Å². The Morgan fingerprint density at radius 3 is 2.00 bits per heavy atom. The standard InChI is InChI=1S/C14H14O.C7H13NO4.C2H6/c1-12-7-9-14(10-8-12)15-11-13-5-3-2-4-6-13;1-7(2,3)12-6(11)8-4-5(9)10;1-2/h2-10H,11H2,1H3;4H2,1-3H3,(H,8,11)(H,9,10);1-2H3. The fraction of sp³-hybridized carbons (Fsp3) is 0.391. The number of alkyl carbamates (subject to hydrolysis) is 1. The summed E-state index contributed by atoms with van der Waals surface area (Å²) in [5.74, 6) is -0.176. The van der Waals surface area contributed by atoms with Gasteiger partial charge in [-0.3, -0.25) is 4.79 Å². The molecule has 0 radical (unpaired) electrons. The van der Waals surface area contributed by atoms with Gasteiger partial charge in [0.1, 0.15) is 24.5 Å². The van der Waals surface area contributed by atoms with Crippen LogP contribution in [-0.2, 0) is 16.1 Å². The van der Waals surface area contributed by atoms with Gasteiger partial charge in [-0.05, 0) is 45.4 Å². The maximum absolute atomic E-state index is 10.8. The molecule has 29 heavy (non-hydrogen) atoms. The third-order valence-corrected chi connectivity index (χ3v) is 3.05. The molecule has 0 spiro atoms. The topological polar surface area (TPSA) is 84.9 Å². The Morgan fingerprint density at radius 1 is 0.966 bits per heavy atom. The summed E-state index contributed by atoms with van der Waals surface area (Å²) >= 11 is 0. The molecular weight excluding hydrogens is 370 g/mol. The van der Waals surface area contributed by atoms with Crippen molar-refractivity contribution in [1.29, 1.82) is 0 Å². The van der Waals surface area contributed by atoms with E-state index < -0.39 is 24.2 Å². The summed E-state index contributed by atoms with van der Waals surface area (Å²) in [4.78, 5) is 20.8. The van der Waals surface area contributed by atoms with Gasteiger partial charge in [0.25, 0.3) is 0 Å². The number of ether oxygens (including phenoxy) is 2. The molecule has 0 fully saturated rings. The normalized spacial score (nSPS) is 9.72. The lowest BCUT2D eigenvalue weighted by atomic mass is 10.2. The van der Waals surface area contributed by atoms with Gasteiger partial charge in [0, 0.05) is 0 Å². The lowest BCUT2D eigenvalue weighted by molar-refractivity contribution is -0.136. The highest BCUT2D eigenvalue weighted by molar-refractivity contribution is 5.76. The quantitative estimate of drug-likeness (QED) is 0.717. The van der Waals surface area contributed by atoms with Crippen LogP contribution in [-0.4, -0.2) is 29.3 Å². The highest BCUT2D eigenvalue weighted by Crippen LogP contribution is 2.13. The van der Waals surface area contributed by atoms with Gasteiger partial charge in [-0.2, -0.15) is 0 Å². The Morgan fingerprint density at radius 2 is 1.52 bits per heavy atom. The number of carbonyl (C=O) groups is 2. The molecule has 0 aliphatic rings. The Balaban J connectivity index is 0.000000512. The molecule has 0 bridgehead atoms. The van der Waals surface area contributed by atoms with Gasteiger partial charge in [0.05, 0.1) is 0 Å². The van der Waals surface area contributed by atoms with Crippen LogP contribution in [0.3, 0.4) is 0 Å². The Hall–Kier alpha value is -3.02. The number of aliphatic carboxylic acids is 1. The summed E-state index contributed by atoms with van der Waals surface area (Å²) in [6, 6.07) is 18.3. The van der Waals surface area contributed by atoms with Crippen molar-refractivity contribution in [3.8, 4) is 5.75 Å². The summed E-state index contributed by atoms with van der Waals surface area (Å²) in [6.45, 7) is 11.4. The van der Waals surface area contributed by atoms with Crippen molar-refractivity contribution in [2.75, 3.05) is 6.54 Å². The number of amides is 1. The molecule has 0 aliphatic carbocycles. The van der Waals surface area contributed by atoms with E-state index in [1.807, 2.05) is 44.2 Å². The number of hydrogen-bond donors (Lipinski definition) is 2. The Kier molecular flexibility index (Phi) is 12.6. The fourth-order valence-electron chi connectivity index (χ4n) is 1.84. The summed E-state index contributed by atoms with van der Waals surface area (Å²) in [5.41, 5.74) is 1.85. The van der Waals surface area contributed by atoms with Gasteiger partial charge >= 0.3 is 12.1 Å². The third-order valence-electron chi connectivity index (χ3n) is 3.05. The average Bonchev–Trinajstić information content (AvgIpc) is 2.68. The van der Waals surface area contributed by atoms with Crippen LogP contribution < -0.4 is 10.1 Å². The van der Waals surface area contributed by atoms with E-state index >= 15 is 0 Å². The average molecular weight is 404 g/mol. The number of carboxylic acid groups (broad SMARTS) is 1. The van der Waals surface area contributed by atoms with Crippen molar-refractivity contribution in [2.24, 2.45) is 0 Å². The minimum Gasteiger partial charge on any atom is -0.489 e. The number of rotatable bonds is 5. The van der Waals surface area contributed by atoms with Crippen LogP contribution in [0.1, 0.15) is 45.7 Å². The van der Waals surface area contributed by atoms with Gasteiger partial charge in [0.15, 0.2) is 0 Å². The van der Waals surface area contributed by atoms with Crippen molar-refractivity contribution in [3.05, 3.63) is 65.7 Å². The Labute approximate surface area is 173 Å². The second-order valence-corrected chi connectivity index (χ2v) is 6.84. The van der Waals surface area contributed by atoms with Crippen molar-refractivity contribution >= 4 is 12.1 Å². The van der Waals surface area contributed by atoms with E-state index in [1.54, 1.807) is 20.8 Å². The monoisotopic (exact) mass is 403 g/mol. The van der Waals surface area contributed by atoms with Crippen LogP contribution in [0.5, 0.6) is 5.75 Å². The molecule has 2 rings (SSSR count). The summed E-state index contributed by atoms with van der Waals surface area (Å²) in [6.07, 6.45) is -0.718. The highest BCUT2D eigenvalue weighted by atomic mass is 16.6. The first-order chi connectivity index (χ1) is 13.7. The van der Waals surface area contributed by atoms with Crippen LogP contribution in [0.15, 0.2) is 54.6 Å². The van der Waals surface area contributed by atoms with Crippen LogP contribution in [0, 0.1) is 6.92 Å². The first-order valence-corrected chi connectivity index (χ1v) is 9.58. The van der Waals surface area contributed by atoms with E-state index in [9.17, 15) is 9.59 Å². The number of carbonyl (C=O) groups excluding carboxylic acids is 1. The molecule has 2 aromatic rings. The summed E-state index contributed by atoms with van der Waals surface area (Å²) < 4.78 is 10.4. The molecule has 0 atom stereocenters. The van der Waals surface area contributed by atoms with Crippen LogP contribution in [0.2, 0.25) is 0 Å². The molecule has 6 heteroatoms. The largest absolute Gasteiger partial charge is 0.489 e. The third kappa shape index (κ3) is 14.7. The molecule has 1 amide bonds. The SMILES string of the molecule is CC.CC(C)(C)OC(=O)NCC(=O)O.Cc1ccc(OCc2ccccc2)cc1. The first-order valence-electron chi connectivity index (χ1n) is 9.58. The van der Waals surface area contributed by atoms with Gasteiger partial charge in [-0.1, -0.05) is 61.9 Å². The second kappa shape index (κ2) is 14.0. The zero-order chi connectivity index (χ0) is 22.3. The molecule has 0 saturated carbocycles. The highest BCUT2D eigenvalue weighted by Gasteiger charge is 2.16. The predicted octanol–water partition coefficient (Wildman–Crippen LogP) is 5.20. The number of hydrogen-bond acceptors (Lipinski definition) is 4. The number of carboxylic acids is 1. The van der Waals surface area contributed by atoms with Crippen LogP contribution in [0.4, 0.5) is 4.79 Å². The molecular formula is C23H33NO5. The molecule has 0 aromatic heterocycles.